The van der Waals surface area contributed by atoms with Crippen LogP contribution in [0.15, 0.2) is 6.07 Å². The number of nitrogens with zero attached hydrogens (tertiary/aromatic N) is 2. The lowest BCUT2D eigenvalue weighted by molar-refractivity contribution is -0.117. The van der Waals surface area contributed by atoms with Gasteiger partial charge in [-0.3, -0.25) is 9.69 Å². The summed E-state index contributed by atoms with van der Waals surface area (Å²) < 4.78 is 10.5. The lowest BCUT2D eigenvalue weighted by Crippen LogP contribution is -2.37. The number of nitrogens with one attached hydrogen (secondary N) is 1. The SMILES string of the molecule is CCOC(=O)c1sc2nc(C)cc(COC)c2c1NC(=O)CN1CCCCC1. The van der Waals surface area contributed by atoms with E-state index in [1.54, 1.807) is 14.0 Å². The number of thiophene rings is 1. The van der Waals surface area contributed by atoms with Crippen LogP contribution in [0.4, 0.5) is 5.69 Å². The third kappa shape index (κ3) is 4.68. The van der Waals surface area contributed by atoms with Crippen molar-refractivity contribution in [1.82, 2.24) is 9.88 Å². The van der Waals surface area contributed by atoms with Gasteiger partial charge in [-0.15, -0.1) is 11.3 Å². The second kappa shape index (κ2) is 9.45. The average Bonchev–Trinajstić information content (AvgIpc) is 3.01. The van der Waals surface area contributed by atoms with Crippen molar-refractivity contribution in [1.29, 1.82) is 0 Å². The first kappa shape index (κ1) is 20.7. The number of hydrogen-bond donors (Lipinski definition) is 1. The number of pyridine rings is 1. The maximum absolute atomic E-state index is 12.7. The number of rotatable bonds is 7. The van der Waals surface area contributed by atoms with Gasteiger partial charge in [-0.05, 0) is 51.4 Å². The minimum atomic E-state index is -0.445. The van der Waals surface area contributed by atoms with Gasteiger partial charge in [0, 0.05) is 18.2 Å². The summed E-state index contributed by atoms with van der Waals surface area (Å²) in [6.45, 7) is 6.48. The van der Waals surface area contributed by atoms with Gasteiger partial charge in [0.25, 0.3) is 0 Å². The van der Waals surface area contributed by atoms with Gasteiger partial charge < -0.3 is 14.8 Å². The van der Waals surface area contributed by atoms with E-state index in [2.05, 4.69) is 15.2 Å². The zero-order chi connectivity index (χ0) is 20.1. The number of hydrogen-bond acceptors (Lipinski definition) is 7. The Morgan fingerprint density at radius 3 is 2.71 bits per heavy atom. The van der Waals surface area contributed by atoms with Crippen LogP contribution in [0, 0.1) is 6.92 Å². The molecule has 0 spiro atoms. The number of fused-ring (bicyclic) bond motifs is 1. The third-order valence-electron chi connectivity index (χ3n) is 4.71. The molecule has 0 bridgehead atoms. The summed E-state index contributed by atoms with van der Waals surface area (Å²) in [7, 11) is 1.62. The molecule has 2 aromatic rings. The van der Waals surface area contributed by atoms with E-state index >= 15 is 0 Å². The highest BCUT2D eigenvalue weighted by Gasteiger charge is 2.25. The van der Waals surface area contributed by atoms with Crippen LogP contribution in [-0.4, -0.2) is 55.1 Å². The Hall–Kier alpha value is -2.03. The molecular formula is C20H27N3O4S. The number of piperidine rings is 1. The molecule has 1 aliphatic rings. The summed E-state index contributed by atoms with van der Waals surface area (Å²) in [5.74, 6) is -0.573. The van der Waals surface area contributed by atoms with Crippen molar-refractivity contribution in [2.24, 2.45) is 0 Å². The molecule has 1 fully saturated rings. The number of carbonyl (C=O) groups is 2. The summed E-state index contributed by atoms with van der Waals surface area (Å²) in [5, 5.41) is 3.73. The van der Waals surface area contributed by atoms with Gasteiger partial charge in [0.1, 0.15) is 9.71 Å². The van der Waals surface area contributed by atoms with Crippen LogP contribution in [0.5, 0.6) is 0 Å². The van der Waals surface area contributed by atoms with E-state index < -0.39 is 5.97 Å². The van der Waals surface area contributed by atoms with Gasteiger partial charge in [0.2, 0.25) is 5.91 Å². The molecule has 1 N–H and O–H groups in total. The number of aryl methyl sites for hydroxylation is 1. The molecule has 0 saturated carbocycles. The number of aromatic nitrogens is 1. The maximum atomic E-state index is 12.7. The Labute approximate surface area is 169 Å². The van der Waals surface area contributed by atoms with Crippen molar-refractivity contribution in [2.45, 2.75) is 39.7 Å². The van der Waals surface area contributed by atoms with Gasteiger partial charge in [0.05, 0.1) is 25.4 Å². The molecule has 1 amide bonds. The summed E-state index contributed by atoms with van der Waals surface area (Å²) in [4.78, 5) is 33.0. The highest BCUT2D eigenvalue weighted by molar-refractivity contribution is 7.21. The Bertz CT molecular complexity index is 859. The van der Waals surface area contributed by atoms with Gasteiger partial charge in [-0.2, -0.15) is 0 Å². The number of likely N-dealkylation sites (tertiary alicyclic amines) is 1. The first-order chi connectivity index (χ1) is 13.5. The molecule has 0 atom stereocenters. The van der Waals surface area contributed by atoms with Gasteiger partial charge in [-0.25, -0.2) is 9.78 Å². The Balaban J connectivity index is 1.97. The maximum Gasteiger partial charge on any atom is 0.350 e. The molecule has 2 aromatic heterocycles. The van der Waals surface area contributed by atoms with Crippen molar-refractivity contribution in [3.8, 4) is 0 Å². The van der Waals surface area contributed by atoms with E-state index in [0.717, 1.165) is 42.6 Å². The molecule has 0 radical (unpaired) electrons. The largest absolute Gasteiger partial charge is 0.462 e. The quantitative estimate of drug-likeness (QED) is 0.712. The average molecular weight is 406 g/mol. The standard InChI is InChI=1S/C20H27N3O4S/c1-4-27-20(25)18-17(22-15(24)11-23-8-6-5-7-9-23)16-14(12-26-3)10-13(2)21-19(16)28-18/h10H,4-9,11-12H2,1-3H3,(H,22,24). The summed E-state index contributed by atoms with van der Waals surface area (Å²) >= 11 is 1.24. The summed E-state index contributed by atoms with van der Waals surface area (Å²) in [5.41, 5.74) is 2.22. The predicted octanol–water partition coefficient (Wildman–Crippen LogP) is 3.35. The molecule has 1 saturated heterocycles. The molecule has 0 aromatic carbocycles. The molecule has 3 heterocycles. The van der Waals surface area contributed by atoms with E-state index in [1.165, 1.54) is 17.8 Å². The topological polar surface area (TPSA) is 80.8 Å². The van der Waals surface area contributed by atoms with Gasteiger partial charge >= 0.3 is 5.97 Å². The molecule has 28 heavy (non-hydrogen) atoms. The Morgan fingerprint density at radius 2 is 2.04 bits per heavy atom. The second-order valence-corrected chi connectivity index (χ2v) is 7.95. The van der Waals surface area contributed by atoms with E-state index in [9.17, 15) is 9.59 Å². The second-order valence-electron chi connectivity index (χ2n) is 6.95. The fourth-order valence-electron chi connectivity index (χ4n) is 3.54. The van der Waals surface area contributed by atoms with Crippen molar-refractivity contribution in [3.05, 3.63) is 22.2 Å². The van der Waals surface area contributed by atoms with Crippen LogP contribution >= 0.6 is 11.3 Å². The van der Waals surface area contributed by atoms with Crippen molar-refractivity contribution >= 4 is 39.1 Å². The number of ether oxygens (including phenoxy) is 2. The fourth-order valence-corrected chi connectivity index (χ4v) is 4.66. The molecule has 152 valence electrons. The number of amides is 1. The Morgan fingerprint density at radius 1 is 1.29 bits per heavy atom. The molecule has 0 aliphatic carbocycles. The predicted molar refractivity (Wildman–Crippen MR) is 110 cm³/mol. The minimum Gasteiger partial charge on any atom is -0.462 e. The number of carbonyl (C=O) groups excluding carboxylic acids is 2. The zero-order valence-corrected chi connectivity index (χ0v) is 17.5. The monoisotopic (exact) mass is 405 g/mol. The molecule has 7 nitrogen and oxygen atoms in total. The smallest absolute Gasteiger partial charge is 0.350 e. The molecule has 3 rings (SSSR count). The summed E-state index contributed by atoms with van der Waals surface area (Å²) in [6, 6.07) is 1.92. The molecule has 8 heteroatoms. The highest BCUT2D eigenvalue weighted by Crippen LogP contribution is 2.38. The van der Waals surface area contributed by atoms with Crippen molar-refractivity contribution < 1.29 is 19.1 Å². The van der Waals surface area contributed by atoms with Crippen LogP contribution in [-0.2, 0) is 20.9 Å². The van der Waals surface area contributed by atoms with E-state index in [1.807, 2.05) is 13.0 Å². The van der Waals surface area contributed by atoms with Gasteiger partial charge in [-0.1, -0.05) is 6.42 Å². The van der Waals surface area contributed by atoms with Crippen LogP contribution in [0.2, 0.25) is 0 Å². The number of anilines is 1. The fraction of sp³-hybridized carbons (Fsp3) is 0.550. The van der Waals surface area contributed by atoms with Gasteiger partial charge in [0.15, 0.2) is 0 Å². The van der Waals surface area contributed by atoms with Crippen LogP contribution in [0.1, 0.15) is 47.1 Å². The summed E-state index contributed by atoms with van der Waals surface area (Å²) in [6.07, 6.45) is 3.44. The lowest BCUT2D eigenvalue weighted by Gasteiger charge is -2.25. The van der Waals surface area contributed by atoms with Crippen LogP contribution < -0.4 is 5.32 Å². The number of methoxy groups -OCH3 is 1. The zero-order valence-electron chi connectivity index (χ0n) is 16.7. The van der Waals surface area contributed by atoms with Crippen molar-refractivity contribution in [2.75, 3.05) is 38.7 Å². The Kier molecular flexibility index (Phi) is 6.98. The molecule has 0 unspecified atom stereocenters. The van der Waals surface area contributed by atoms with E-state index in [4.69, 9.17) is 9.47 Å². The van der Waals surface area contributed by atoms with Crippen molar-refractivity contribution in [3.63, 3.8) is 0 Å². The first-order valence-electron chi connectivity index (χ1n) is 9.64. The van der Waals surface area contributed by atoms with E-state index in [-0.39, 0.29) is 12.5 Å². The first-order valence-corrected chi connectivity index (χ1v) is 10.5. The lowest BCUT2D eigenvalue weighted by atomic mass is 10.1. The van der Waals surface area contributed by atoms with Crippen LogP contribution in [0.3, 0.4) is 0 Å². The molecular weight excluding hydrogens is 378 g/mol. The normalized spacial score (nSPS) is 15.0. The number of esters is 1. The molecule has 1 aliphatic heterocycles. The minimum absolute atomic E-state index is 0.129. The highest BCUT2D eigenvalue weighted by atomic mass is 32.1. The third-order valence-corrected chi connectivity index (χ3v) is 5.78. The van der Waals surface area contributed by atoms with Crippen LogP contribution in [0.25, 0.3) is 10.2 Å². The van der Waals surface area contributed by atoms with E-state index in [0.29, 0.717) is 28.5 Å².